The third-order valence-electron chi connectivity index (χ3n) is 8.08. The Balaban J connectivity index is 1.17. The number of rotatable bonds is 3. The highest BCUT2D eigenvalue weighted by Crippen LogP contribution is 2.49. The first-order chi connectivity index (χ1) is 18.5. The van der Waals surface area contributed by atoms with Gasteiger partial charge in [-0.25, -0.2) is 8.78 Å². The number of carbonyl (C=O) groups excluding carboxylic acids is 1. The van der Waals surface area contributed by atoms with Crippen LogP contribution in [-0.4, -0.2) is 63.6 Å². The van der Waals surface area contributed by atoms with Gasteiger partial charge < -0.3 is 19.1 Å². The van der Waals surface area contributed by atoms with Gasteiger partial charge in [-0.2, -0.15) is 4.98 Å². The number of carbonyl (C=O) groups is 1. The van der Waals surface area contributed by atoms with Crippen LogP contribution in [0, 0.1) is 0 Å². The van der Waals surface area contributed by atoms with Gasteiger partial charge in [-0.05, 0) is 31.0 Å². The molecule has 3 aliphatic heterocycles. The maximum atomic E-state index is 15.7. The molecule has 1 spiro atoms. The predicted octanol–water partition coefficient (Wildman–Crippen LogP) is 5.27. The maximum absolute atomic E-state index is 15.7. The fraction of sp³-hybridized carbons (Fsp3) is 0.517. The average molecular weight is 538 g/mol. The molecule has 2 fully saturated rings. The molecule has 3 aromatic rings. The summed E-state index contributed by atoms with van der Waals surface area (Å²) in [6.45, 7) is 8.20. The van der Waals surface area contributed by atoms with E-state index in [-0.39, 0.29) is 24.2 Å². The molecule has 8 nitrogen and oxygen atoms in total. The summed E-state index contributed by atoms with van der Waals surface area (Å²) in [5.74, 6) is -2.05. The van der Waals surface area contributed by atoms with Gasteiger partial charge in [0.15, 0.2) is 11.4 Å². The lowest BCUT2D eigenvalue weighted by molar-refractivity contribution is -0.185. The molecule has 0 N–H and O–H groups in total. The first-order valence-electron chi connectivity index (χ1n) is 13.6. The molecule has 2 saturated heterocycles. The number of nitrogens with zero attached hydrogens (tertiary/aromatic N) is 5. The third-order valence-corrected chi connectivity index (χ3v) is 8.08. The first-order valence-corrected chi connectivity index (χ1v) is 13.6. The van der Waals surface area contributed by atoms with Crippen molar-refractivity contribution in [2.24, 2.45) is 0 Å². The molecule has 0 aliphatic carbocycles. The summed E-state index contributed by atoms with van der Waals surface area (Å²) < 4.78 is 42.8. The van der Waals surface area contributed by atoms with Crippen molar-refractivity contribution in [3.8, 4) is 17.0 Å². The zero-order valence-corrected chi connectivity index (χ0v) is 22.5. The number of alkyl halides is 2. The van der Waals surface area contributed by atoms with Gasteiger partial charge in [0.25, 0.3) is 11.8 Å². The normalized spacial score (nSPS) is 20.1. The van der Waals surface area contributed by atoms with Crippen LogP contribution in [0.15, 0.2) is 41.1 Å². The number of aromatic nitrogens is 3. The number of hydrogen-bond donors (Lipinski definition) is 0. The van der Waals surface area contributed by atoms with Crippen LogP contribution in [0.4, 0.5) is 14.8 Å². The molecule has 206 valence electrons. The summed E-state index contributed by atoms with van der Waals surface area (Å²) in [4.78, 5) is 25.3. The number of pyridine rings is 1. The molecule has 1 amide bonds. The van der Waals surface area contributed by atoms with E-state index in [0.29, 0.717) is 47.5 Å². The molecule has 0 saturated carbocycles. The number of piperidine rings is 1. The van der Waals surface area contributed by atoms with Crippen LogP contribution >= 0.6 is 0 Å². The van der Waals surface area contributed by atoms with Gasteiger partial charge >= 0.3 is 6.01 Å². The van der Waals surface area contributed by atoms with E-state index >= 15 is 8.78 Å². The largest absolute Gasteiger partial charge is 0.479 e. The van der Waals surface area contributed by atoms with E-state index in [0.717, 1.165) is 31.5 Å². The van der Waals surface area contributed by atoms with Crippen molar-refractivity contribution >= 4 is 11.9 Å². The minimum Gasteiger partial charge on any atom is -0.479 e. The molecule has 0 atom stereocenters. The highest BCUT2D eigenvalue weighted by molar-refractivity contribution is 5.94. The number of ether oxygens (including phenoxy) is 1. The third kappa shape index (κ3) is 4.63. The lowest BCUT2D eigenvalue weighted by Crippen LogP contribution is -2.61. The van der Waals surface area contributed by atoms with Gasteiger partial charge in [-0.1, -0.05) is 38.1 Å². The van der Waals surface area contributed by atoms with Gasteiger partial charge in [0.05, 0.1) is 11.9 Å². The maximum Gasteiger partial charge on any atom is 0.324 e. The molecular formula is C29H33F2N5O3. The van der Waals surface area contributed by atoms with Crippen molar-refractivity contribution < 1.29 is 22.8 Å². The second-order valence-corrected chi connectivity index (χ2v) is 11.9. The number of benzene rings is 1. The van der Waals surface area contributed by atoms with Gasteiger partial charge in [0.2, 0.25) is 0 Å². The Morgan fingerprint density at radius 1 is 1.03 bits per heavy atom. The van der Waals surface area contributed by atoms with E-state index in [1.807, 2.05) is 42.7 Å². The van der Waals surface area contributed by atoms with Gasteiger partial charge in [-0.3, -0.25) is 9.78 Å². The molecule has 1 aromatic carbocycles. The van der Waals surface area contributed by atoms with Gasteiger partial charge in [0, 0.05) is 67.5 Å². The zero-order chi connectivity index (χ0) is 27.4. The lowest BCUT2D eigenvalue weighted by atomic mass is 9.80. The Bertz CT molecular complexity index is 1370. The van der Waals surface area contributed by atoms with Crippen molar-refractivity contribution in [1.29, 1.82) is 0 Å². The quantitative estimate of drug-likeness (QED) is 0.450. The summed E-state index contributed by atoms with van der Waals surface area (Å²) in [6.07, 6.45) is 3.45. The van der Waals surface area contributed by atoms with Crippen molar-refractivity contribution in [3.05, 3.63) is 53.5 Å². The molecule has 2 aromatic heterocycles. The van der Waals surface area contributed by atoms with Crippen molar-refractivity contribution in [2.75, 3.05) is 31.1 Å². The Labute approximate surface area is 226 Å². The standard InChI is InChI=1S/C29H33F2N5O3/c1-27(2,3)25-33-26(39-34-25)36-14-10-28(11-15-36)29(30,31)17-21-16-22(32-18-23(21)38-28)19-6-8-20(9-7-19)24(37)35-12-4-5-13-35/h6-9,16,18H,4-5,10-15,17H2,1-3H3. The highest BCUT2D eigenvalue weighted by Gasteiger charge is 2.59. The van der Waals surface area contributed by atoms with Crippen LogP contribution in [-0.2, 0) is 11.8 Å². The van der Waals surface area contributed by atoms with Crippen molar-refractivity contribution in [2.45, 2.75) is 69.8 Å². The molecule has 5 heterocycles. The number of anilines is 1. The first kappa shape index (κ1) is 25.7. The SMILES string of the molecule is CC(C)(C)c1noc(N2CCC3(CC2)Oc2cnc(-c4ccc(C(=O)N5CCCC5)cc4)cc2CC3(F)F)n1. The molecule has 6 rings (SSSR count). The zero-order valence-electron chi connectivity index (χ0n) is 22.5. The number of halogens is 2. The summed E-state index contributed by atoms with van der Waals surface area (Å²) in [5, 5.41) is 4.06. The van der Waals surface area contributed by atoms with Gasteiger partial charge in [-0.15, -0.1) is 0 Å². The Kier molecular flexibility index (Phi) is 6.11. The van der Waals surface area contributed by atoms with E-state index in [4.69, 9.17) is 9.26 Å². The Hall–Kier alpha value is -3.56. The van der Waals surface area contributed by atoms with Crippen molar-refractivity contribution in [3.63, 3.8) is 0 Å². The van der Waals surface area contributed by atoms with E-state index in [2.05, 4.69) is 15.1 Å². The molecule has 0 radical (unpaired) electrons. The molecule has 0 unspecified atom stereocenters. The number of likely N-dealkylation sites (tertiary alicyclic amines) is 1. The second-order valence-electron chi connectivity index (χ2n) is 11.9. The molecular weight excluding hydrogens is 504 g/mol. The summed E-state index contributed by atoms with van der Waals surface area (Å²) in [7, 11) is 0. The number of amides is 1. The fourth-order valence-corrected chi connectivity index (χ4v) is 5.62. The number of hydrogen-bond acceptors (Lipinski definition) is 7. The summed E-state index contributed by atoms with van der Waals surface area (Å²) in [6, 6.07) is 9.22. The average Bonchev–Trinajstić information content (AvgIpc) is 3.62. The molecule has 39 heavy (non-hydrogen) atoms. The van der Waals surface area contributed by atoms with Crippen LogP contribution in [0.5, 0.6) is 5.75 Å². The molecule has 3 aliphatic rings. The van der Waals surface area contributed by atoms with Crippen LogP contribution < -0.4 is 9.64 Å². The van der Waals surface area contributed by atoms with E-state index in [1.54, 1.807) is 24.4 Å². The minimum absolute atomic E-state index is 0.0237. The number of fused-ring (bicyclic) bond motifs is 1. The molecule has 10 heteroatoms. The second kappa shape index (κ2) is 9.27. The fourth-order valence-electron chi connectivity index (χ4n) is 5.62. The van der Waals surface area contributed by atoms with E-state index in [9.17, 15) is 4.79 Å². The Morgan fingerprint density at radius 3 is 2.36 bits per heavy atom. The Morgan fingerprint density at radius 2 is 1.72 bits per heavy atom. The highest BCUT2D eigenvalue weighted by atomic mass is 19.3. The van der Waals surface area contributed by atoms with Gasteiger partial charge in [0.1, 0.15) is 5.75 Å². The predicted molar refractivity (Wildman–Crippen MR) is 141 cm³/mol. The monoisotopic (exact) mass is 537 g/mol. The van der Waals surface area contributed by atoms with E-state index in [1.165, 1.54) is 0 Å². The van der Waals surface area contributed by atoms with Crippen LogP contribution in [0.3, 0.4) is 0 Å². The lowest BCUT2D eigenvalue weighted by Gasteiger charge is -2.48. The smallest absolute Gasteiger partial charge is 0.324 e. The summed E-state index contributed by atoms with van der Waals surface area (Å²) >= 11 is 0. The summed E-state index contributed by atoms with van der Waals surface area (Å²) in [5.41, 5.74) is 0.524. The van der Waals surface area contributed by atoms with Crippen LogP contribution in [0.2, 0.25) is 0 Å². The topological polar surface area (TPSA) is 84.6 Å². The van der Waals surface area contributed by atoms with Crippen molar-refractivity contribution in [1.82, 2.24) is 20.0 Å². The molecule has 0 bridgehead atoms. The van der Waals surface area contributed by atoms with Crippen LogP contribution in [0.1, 0.15) is 68.2 Å². The minimum atomic E-state index is -3.05. The van der Waals surface area contributed by atoms with Crippen LogP contribution in [0.25, 0.3) is 11.3 Å². The van der Waals surface area contributed by atoms with E-state index < -0.39 is 17.9 Å².